The van der Waals surface area contributed by atoms with Crippen LogP contribution < -0.4 is 19.7 Å². The van der Waals surface area contributed by atoms with Crippen molar-refractivity contribution in [1.82, 2.24) is 5.32 Å². The first-order chi connectivity index (χ1) is 15.4. The van der Waals surface area contributed by atoms with Crippen LogP contribution in [0.4, 0.5) is 5.69 Å². The number of carbonyl (C=O) groups excluding carboxylic acids is 2. The van der Waals surface area contributed by atoms with Crippen molar-refractivity contribution in [2.75, 3.05) is 38.0 Å². The van der Waals surface area contributed by atoms with Gasteiger partial charge >= 0.3 is 0 Å². The molecule has 0 saturated heterocycles. The first-order valence-corrected chi connectivity index (χ1v) is 11.3. The molecule has 0 aromatic heterocycles. The quantitative estimate of drug-likeness (QED) is 0.620. The van der Waals surface area contributed by atoms with Gasteiger partial charge in [0.15, 0.2) is 11.5 Å². The van der Waals surface area contributed by atoms with Crippen molar-refractivity contribution >= 4 is 40.9 Å². The van der Waals surface area contributed by atoms with Gasteiger partial charge in [0.05, 0.1) is 20.8 Å². The molecule has 0 bridgehead atoms. The average molecular weight is 477 g/mol. The number of nitrogens with one attached hydrogen (secondary N) is 1. The van der Waals surface area contributed by atoms with Crippen molar-refractivity contribution in [3.05, 3.63) is 63.7 Å². The molecule has 32 heavy (non-hydrogen) atoms. The summed E-state index contributed by atoms with van der Waals surface area (Å²) in [5, 5.41) is 3.40. The van der Waals surface area contributed by atoms with E-state index in [2.05, 4.69) is 5.32 Å². The number of benzene rings is 2. The zero-order valence-electron chi connectivity index (χ0n) is 18.1. The lowest BCUT2D eigenvalue weighted by atomic mass is 10.2. The number of thioether (sulfide) groups is 1. The number of hydrogen-bond donors (Lipinski definition) is 1. The average Bonchev–Trinajstić information content (AvgIpc) is 2.81. The van der Waals surface area contributed by atoms with Crippen LogP contribution in [0.2, 0.25) is 5.02 Å². The number of para-hydroxylation sites is 1. The van der Waals surface area contributed by atoms with E-state index in [1.807, 2.05) is 12.1 Å². The molecular formula is C23H25ClN2O5S. The number of hydrogen-bond acceptors (Lipinski definition) is 6. The minimum Gasteiger partial charge on any atom is -0.496 e. The number of allylic oxidation sites excluding steroid dienone is 1. The highest BCUT2D eigenvalue weighted by atomic mass is 35.5. The molecule has 0 fully saturated rings. The predicted octanol–water partition coefficient (Wildman–Crippen LogP) is 4.00. The lowest BCUT2D eigenvalue weighted by Gasteiger charge is -2.26. The molecule has 9 heteroatoms. The number of anilines is 1. The fraction of sp³-hybridized carbons (Fsp3) is 0.304. The van der Waals surface area contributed by atoms with Gasteiger partial charge in [-0.15, -0.1) is 11.8 Å². The van der Waals surface area contributed by atoms with Crippen LogP contribution in [-0.2, 0) is 20.9 Å². The number of halogens is 1. The van der Waals surface area contributed by atoms with Gasteiger partial charge in [0.2, 0.25) is 5.91 Å². The first kappa shape index (κ1) is 23.8. The van der Waals surface area contributed by atoms with Crippen molar-refractivity contribution in [1.29, 1.82) is 0 Å². The molecule has 0 spiro atoms. The summed E-state index contributed by atoms with van der Waals surface area (Å²) in [5.74, 6) is 1.76. The van der Waals surface area contributed by atoms with E-state index in [0.29, 0.717) is 45.2 Å². The van der Waals surface area contributed by atoms with E-state index in [-0.39, 0.29) is 24.9 Å². The van der Waals surface area contributed by atoms with E-state index in [0.717, 1.165) is 5.56 Å². The Morgan fingerprint density at radius 3 is 2.56 bits per heavy atom. The monoisotopic (exact) mass is 476 g/mol. The lowest BCUT2D eigenvalue weighted by molar-refractivity contribution is -0.122. The summed E-state index contributed by atoms with van der Waals surface area (Å²) in [6, 6.07) is 12.2. The van der Waals surface area contributed by atoms with Gasteiger partial charge in [-0.1, -0.05) is 23.7 Å². The van der Waals surface area contributed by atoms with Crippen LogP contribution in [0.15, 0.2) is 53.1 Å². The second-order valence-corrected chi connectivity index (χ2v) is 8.42. The minimum atomic E-state index is -0.321. The molecule has 0 radical (unpaired) electrons. The molecule has 0 saturated carbocycles. The second kappa shape index (κ2) is 11.2. The van der Waals surface area contributed by atoms with Crippen LogP contribution in [0, 0.1) is 0 Å². The van der Waals surface area contributed by atoms with Gasteiger partial charge in [0, 0.05) is 28.6 Å². The standard InChI is InChI=1S/C23H25ClN2O5S/c1-15-22(32-12-11-31-15)23(28)26(18-9-7-17(24)8-10-18)14-20(27)25-13-16-5-4-6-19(29-2)21(16)30-3/h4-10H,11-14H2,1-3H3,(H,25,27). The maximum absolute atomic E-state index is 13.3. The van der Waals surface area contributed by atoms with Gasteiger partial charge in [-0.25, -0.2) is 0 Å². The summed E-state index contributed by atoms with van der Waals surface area (Å²) >= 11 is 7.43. The SMILES string of the molecule is COc1cccc(CNC(=O)CN(C(=O)C2=C(C)OCCS2)c2ccc(Cl)cc2)c1OC. The lowest BCUT2D eigenvalue weighted by Crippen LogP contribution is -2.41. The number of ether oxygens (including phenoxy) is 3. The van der Waals surface area contributed by atoms with Gasteiger partial charge in [-0.2, -0.15) is 0 Å². The van der Waals surface area contributed by atoms with Crippen LogP contribution in [0.25, 0.3) is 0 Å². The summed E-state index contributed by atoms with van der Waals surface area (Å²) in [5.41, 5.74) is 1.33. The summed E-state index contributed by atoms with van der Waals surface area (Å²) in [6.07, 6.45) is 0. The Morgan fingerprint density at radius 1 is 1.16 bits per heavy atom. The Labute approximate surface area is 196 Å². The van der Waals surface area contributed by atoms with E-state index in [1.165, 1.54) is 16.7 Å². The third kappa shape index (κ3) is 5.69. The van der Waals surface area contributed by atoms with E-state index >= 15 is 0 Å². The molecule has 1 aliphatic heterocycles. The molecule has 3 rings (SSSR count). The highest BCUT2D eigenvalue weighted by Gasteiger charge is 2.27. The second-order valence-electron chi connectivity index (χ2n) is 6.88. The first-order valence-electron chi connectivity index (χ1n) is 9.95. The van der Waals surface area contributed by atoms with Crippen LogP contribution in [0.3, 0.4) is 0 Å². The Morgan fingerprint density at radius 2 is 1.91 bits per heavy atom. The summed E-state index contributed by atoms with van der Waals surface area (Å²) in [7, 11) is 3.10. The normalized spacial score (nSPS) is 13.2. The van der Waals surface area contributed by atoms with E-state index in [1.54, 1.807) is 51.5 Å². The molecule has 7 nitrogen and oxygen atoms in total. The smallest absolute Gasteiger partial charge is 0.268 e. The third-order valence-electron chi connectivity index (χ3n) is 4.81. The molecule has 2 aromatic rings. The third-order valence-corrected chi connectivity index (χ3v) is 6.18. The van der Waals surface area contributed by atoms with Crippen molar-refractivity contribution < 1.29 is 23.8 Å². The zero-order valence-corrected chi connectivity index (χ0v) is 19.7. The zero-order chi connectivity index (χ0) is 23.1. The van der Waals surface area contributed by atoms with Crippen LogP contribution in [0.1, 0.15) is 12.5 Å². The van der Waals surface area contributed by atoms with Crippen LogP contribution in [-0.4, -0.2) is 44.9 Å². The van der Waals surface area contributed by atoms with Crippen molar-refractivity contribution in [2.24, 2.45) is 0 Å². The molecule has 2 amide bonds. The maximum Gasteiger partial charge on any atom is 0.268 e. The molecule has 1 heterocycles. The number of methoxy groups -OCH3 is 2. The molecular weight excluding hydrogens is 452 g/mol. The predicted molar refractivity (Wildman–Crippen MR) is 126 cm³/mol. The molecule has 2 aromatic carbocycles. The summed E-state index contributed by atoms with van der Waals surface area (Å²) in [4.78, 5) is 28.1. The fourth-order valence-electron chi connectivity index (χ4n) is 3.23. The fourth-order valence-corrected chi connectivity index (χ4v) is 4.22. The van der Waals surface area contributed by atoms with Crippen LogP contribution in [0.5, 0.6) is 11.5 Å². The Bertz CT molecular complexity index is 1010. The molecule has 0 unspecified atom stereocenters. The van der Waals surface area contributed by atoms with Crippen LogP contribution >= 0.6 is 23.4 Å². The van der Waals surface area contributed by atoms with Gasteiger partial charge in [-0.3, -0.25) is 14.5 Å². The Balaban J connectivity index is 1.78. The topological polar surface area (TPSA) is 77.1 Å². The number of rotatable bonds is 8. The number of carbonyl (C=O) groups is 2. The highest BCUT2D eigenvalue weighted by Crippen LogP contribution is 2.31. The van der Waals surface area contributed by atoms with E-state index < -0.39 is 0 Å². The van der Waals surface area contributed by atoms with E-state index in [9.17, 15) is 9.59 Å². The molecule has 170 valence electrons. The minimum absolute atomic E-state index is 0.163. The Hall–Kier alpha value is -2.84. The molecule has 1 aliphatic rings. The van der Waals surface area contributed by atoms with Gasteiger partial charge in [-0.05, 0) is 37.3 Å². The summed E-state index contributed by atoms with van der Waals surface area (Å²) < 4.78 is 16.3. The van der Waals surface area contributed by atoms with Gasteiger partial charge in [0.1, 0.15) is 17.2 Å². The molecule has 1 N–H and O–H groups in total. The molecule has 0 atom stereocenters. The van der Waals surface area contributed by atoms with Gasteiger partial charge < -0.3 is 19.5 Å². The van der Waals surface area contributed by atoms with Crippen molar-refractivity contribution in [2.45, 2.75) is 13.5 Å². The largest absolute Gasteiger partial charge is 0.496 e. The highest BCUT2D eigenvalue weighted by molar-refractivity contribution is 8.04. The van der Waals surface area contributed by atoms with Crippen molar-refractivity contribution in [3.63, 3.8) is 0 Å². The Kier molecular flexibility index (Phi) is 8.30. The maximum atomic E-state index is 13.3. The number of amides is 2. The summed E-state index contributed by atoms with van der Waals surface area (Å²) in [6.45, 7) is 2.37. The molecule has 0 aliphatic carbocycles. The van der Waals surface area contributed by atoms with E-state index in [4.69, 9.17) is 25.8 Å². The number of nitrogens with zero attached hydrogens (tertiary/aromatic N) is 1. The van der Waals surface area contributed by atoms with Crippen molar-refractivity contribution in [3.8, 4) is 11.5 Å². The van der Waals surface area contributed by atoms with Gasteiger partial charge in [0.25, 0.3) is 5.91 Å².